The maximum absolute atomic E-state index is 12.2. The van der Waals surface area contributed by atoms with Crippen LogP contribution in [-0.2, 0) is 17.6 Å². The zero-order chi connectivity index (χ0) is 20.1. The quantitative estimate of drug-likeness (QED) is 0.515. The third-order valence-corrected chi connectivity index (χ3v) is 5.85. The molecule has 4 N–H and O–H groups in total. The molecule has 1 aliphatic carbocycles. The Morgan fingerprint density at radius 3 is 2.75 bits per heavy atom. The third-order valence-electron chi connectivity index (χ3n) is 4.43. The van der Waals surface area contributed by atoms with E-state index < -0.39 is 5.91 Å². The topological polar surface area (TPSA) is 93.4 Å². The van der Waals surface area contributed by atoms with E-state index in [1.807, 2.05) is 24.3 Å². The van der Waals surface area contributed by atoms with Crippen molar-refractivity contribution in [1.29, 1.82) is 0 Å². The zero-order valence-electron chi connectivity index (χ0n) is 15.4. The highest BCUT2D eigenvalue weighted by Gasteiger charge is 2.24. The first-order valence-corrected chi connectivity index (χ1v) is 10.1. The Morgan fingerprint density at radius 1 is 1.25 bits per heavy atom. The molecule has 1 heterocycles. The molecular weight excluding hydrogens is 394 g/mol. The van der Waals surface area contributed by atoms with Gasteiger partial charge >= 0.3 is 0 Å². The Bertz CT molecular complexity index is 950. The van der Waals surface area contributed by atoms with Crippen LogP contribution in [0.3, 0.4) is 0 Å². The molecule has 1 aromatic carbocycles. The van der Waals surface area contributed by atoms with Gasteiger partial charge in [-0.2, -0.15) is 0 Å². The Labute approximate surface area is 172 Å². The van der Waals surface area contributed by atoms with Gasteiger partial charge in [0.05, 0.1) is 12.7 Å². The van der Waals surface area contributed by atoms with Gasteiger partial charge in [-0.3, -0.25) is 14.9 Å². The van der Waals surface area contributed by atoms with Gasteiger partial charge in [0, 0.05) is 16.5 Å². The number of methoxy groups -OCH3 is 1. The number of fused-ring (bicyclic) bond motifs is 1. The maximum atomic E-state index is 12.2. The molecule has 0 bridgehead atoms. The van der Waals surface area contributed by atoms with Crippen LogP contribution in [0.25, 0.3) is 6.08 Å². The smallest absolute Gasteiger partial charge is 0.251 e. The van der Waals surface area contributed by atoms with Gasteiger partial charge in [0.15, 0.2) is 5.11 Å². The molecule has 0 atom stereocenters. The van der Waals surface area contributed by atoms with Gasteiger partial charge in [-0.05, 0) is 55.6 Å². The van der Waals surface area contributed by atoms with Crippen LogP contribution in [0.2, 0.25) is 0 Å². The molecule has 0 unspecified atom stereocenters. The number of benzene rings is 1. The number of thiocarbonyl (C=S) groups is 1. The molecule has 146 valence electrons. The molecule has 28 heavy (non-hydrogen) atoms. The van der Waals surface area contributed by atoms with E-state index in [-0.39, 0.29) is 11.0 Å². The van der Waals surface area contributed by atoms with E-state index in [1.54, 1.807) is 13.2 Å². The van der Waals surface area contributed by atoms with Crippen molar-refractivity contribution in [1.82, 2.24) is 5.32 Å². The van der Waals surface area contributed by atoms with E-state index in [1.165, 1.54) is 17.4 Å². The van der Waals surface area contributed by atoms with Crippen LogP contribution in [0.1, 0.15) is 39.2 Å². The lowest BCUT2D eigenvalue weighted by Gasteiger charge is -2.11. The first-order chi connectivity index (χ1) is 13.5. The average Bonchev–Trinajstić information content (AvgIpc) is 3.04. The van der Waals surface area contributed by atoms with Gasteiger partial charge in [0.1, 0.15) is 10.8 Å². The molecule has 6 nitrogen and oxygen atoms in total. The lowest BCUT2D eigenvalue weighted by atomic mass is 9.95. The molecule has 0 radical (unpaired) electrons. The molecule has 0 saturated carbocycles. The van der Waals surface area contributed by atoms with Crippen molar-refractivity contribution in [3.8, 4) is 5.75 Å². The Morgan fingerprint density at radius 2 is 2.00 bits per heavy atom. The van der Waals surface area contributed by atoms with E-state index >= 15 is 0 Å². The predicted molar refractivity (Wildman–Crippen MR) is 116 cm³/mol. The number of thiophene rings is 1. The second-order valence-electron chi connectivity index (χ2n) is 6.30. The largest absolute Gasteiger partial charge is 0.496 e. The van der Waals surface area contributed by atoms with Crippen molar-refractivity contribution in [3.63, 3.8) is 0 Å². The summed E-state index contributed by atoms with van der Waals surface area (Å²) in [5.41, 5.74) is 7.85. The number of nitrogens with one attached hydrogen (secondary N) is 2. The standard InChI is InChI=1S/C20H21N3O3S2/c1-26-14-8-4-2-6-12(14)10-11-16(24)22-20(27)23-19-17(18(21)25)13-7-3-5-9-15(13)28-19/h2,4,6,8,10-11H,3,5,7,9H2,1H3,(H2,21,25)(H2,22,23,24,27). The number of anilines is 1. The van der Waals surface area contributed by atoms with Crippen LogP contribution >= 0.6 is 23.6 Å². The van der Waals surface area contributed by atoms with Crippen molar-refractivity contribution in [2.75, 3.05) is 12.4 Å². The first-order valence-electron chi connectivity index (χ1n) is 8.87. The number of carbonyl (C=O) groups is 2. The summed E-state index contributed by atoms with van der Waals surface area (Å²) < 4.78 is 5.25. The first kappa shape index (κ1) is 20.0. The molecule has 0 fully saturated rings. The number of hydrogen-bond donors (Lipinski definition) is 3. The van der Waals surface area contributed by atoms with Crippen LogP contribution in [0, 0.1) is 0 Å². The summed E-state index contributed by atoms with van der Waals surface area (Å²) in [6.45, 7) is 0. The highest BCUT2D eigenvalue weighted by Crippen LogP contribution is 2.37. The van der Waals surface area contributed by atoms with Gasteiger partial charge in [-0.25, -0.2) is 0 Å². The van der Waals surface area contributed by atoms with Gasteiger partial charge in [0.25, 0.3) is 5.91 Å². The summed E-state index contributed by atoms with van der Waals surface area (Å²) in [6.07, 6.45) is 6.93. The minimum Gasteiger partial charge on any atom is -0.496 e. The molecule has 0 saturated heterocycles. The molecule has 2 aromatic rings. The number of rotatable bonds is 5. The molecule has 1 aliphatic rings. The number of ether oxygens (including phenoxy) is 1. The fraction of sp³-hybridized carbons (Fsp3) is 0.250. The van der Waals surface area contributed by atoms with E-state index in [2.05, 4.69) is 10.6 Å². The minimum absolute atomic E-state index is 0.121. The molecule has 0 aliphatic heterocycles. The van der Waals surface area contributed by atoms with Crippen molar-refractivity contribution in [3.05, 3.63) is 51.9 Å². The third kappa shape index (κ3) is 4.58. The van der Waals surface area contributed by atoms with Gasteiger partial charge in [-0.15, -0.1) is 11.3 Å². The van der Waals surface area contributed by atoms with E-state index in [9.17, 15) is 9.59 Å². The van der Waals surface area contributed by atoms with Crippen LogP contribution < -0.4 is 21.1 Å². The summed E-state index contributed by atoms with van der Waals surface area (Å²) in [5.74, 6) is -0.194. The summed E-state index contributed by atoms with van der Waals surface area (Å²) >= 11 is 6.71. The minimum atomic E-state index is -0.480. The maximum Gasteiger partial charge on any atom is 0.251 e. The number of aryl methyl sites for hydroxylation is 1. The van der Waals surface area contributed by atoms with Crippen LogP contribution in [0.15, 0.2) is 30.3 Å². The molecular formula is C20H21N3O3S2. The van der Waals surface area contributed by atoms with Crippen LogP contribution in [-0.4, -0.2) is 24.0 Å². The summed E-state index contributed by atoms with van der Waals surface area (Å²) in [6, 6.07) is 7.37. The Balaban J connectivity index is 1.67. The summed E-state index contributed by atoms with van der Waals surface area (Å²) in [4.78, 5) is 25.2. The number of amides is 2. The molecule has 0 spiro atoms. The lowest BCUT2D eigenvalue weighted by molar-refractivity contribution is -0.115. The van der Waals surface area contributed by atoms with E-state index in [0.717, 1.165) is 41.7 Å². The fourth-order valence-corrected chi connectivity index (χ4v) is 4.74. The second kappa shape index (κ2) is 8.99. The van der Waals surface area contributed by atoms with Crippen molar-refractivity contribution in [2.45, 2.75) is 25.7 Å². The normalized spacial score (nSPS) is 13.0. The monoisotopic (exact) mass is 415 g/mol. The summed E-state index contributed by atoms with van der Waals surface area (Å²) in [7, 11) is 1.57. The lowest BCUT2D eigenvalue weighted by Crippen LogP contribution is -2.33. The van der Waals surface area contributed by atoms with Crippen molar-refractivity contribution < 1.29 is 14.3 Å². The van der Waals surface area contributed by atoms with E-state index in [0.29, 0.717) is 16.3 Å². The number of nitrogens with two attached hydrogens (primary N) is 1. The van der Waals surface area contributed by atoms with E-state index in [4.69, 9.17) is 22.7 Å². The van der Waals surface area contributed by atoms with Crippen LogP contribution in [0.5, 0.6) is 5.75 Å². The highest BCUT2D eigenvalue weighted by molar-refractivity contribution is 7.80. The fourth-order valence-electron chi connectivity index (χ4n) is 3.17. The molecule has 3 rings (SSSR count). The van der Waals surface area contributed by atoms with Gasteiger partial charge < -0.3 is 15.8 Å². The Hall–Kier alpha value is -2.71. The second-order valence-corrected chi connectivity index (χ2v) is 7.81. The van der Waals surface area contributed by atoms with Gasteiger partial charge in [-0.1, -0.05) is 18.2 Å². The van der Waals surface area contributed by atoms with Crippen LogP contribution in [0.4, 0.5) is 5.00 Å². The number of primary amides is 1. The number of hydrogen-bond acceptors (Lipinski definition) is 5. The highest BCUT2D eigenvalue weighted by atomic mass is 32.1. The molecule has 2 amide bonds. The zero-order valence-corrected chi connectivity index (χ0v) is 17.0. The number of carbonyl (C=O) groups excluding carboxylic acids is 2. The SMILES string of the molecule is COc1ccccc1C=CC(=O)NC(=S)Nc1sc2c(c1C(N)=O)CCCC2. The summed E-state index contributed by atoms with van der Waals surface area (Å²) in [5, 5.41) is 6.27. The van der Waals surface area contributed by atoms with Gasteiger partial charge in [0.2, 0.25) is 5.91 Å². The Kier molecular flexibility index (Phi) is 6.43. The molecule has 1 aromatic heterocycles. The predicted octanol–water partition coefficient (Wildman–Crippen LogP) is 3.26. The van der Waals surface area contributed by atoms with Crippen molar-refractivity contribution >= 4 is 51.6 Å². The van der Waals surface area contributed by atoms with Crippen molar-refractivity contribution in [2.24, 2.45) is 5.73 Å². The molecule has 8 heteroatoms. The average molecular weight is 416 g/mol. The number of para-hydroxylation sites is 1.